The maximum Gasteiger partial charge on any atom is 0.198 e. The predicted octanol–water partition coefficient (Wildman–Crippen LogP) is 4.50. The van der Waals surface area contributed by atoms with Crippen LogP contribution in [-0.2, 0) is 0 Å². The summed E-state index contributed by atoms with van der Waals surface area (Å²) in [6, 6.07) is 9.28. The third kappa shape index (κ3) is 2.70. The number of carbonyl (C=O) groups excluding carboxylic acids is 1. The first-order valence-electron chi connectivity index (χ1n) is 6.40. The lowest BCUT2D eigenvalue weighted by Gasteiger charge is -2.13. The molecular formula is C17H17ClO2. The summed E-state index contributed by atoms with van der Waals surface area (Å²) in [4.78, 5) is 12.7. The van der Waals surface area contributed by atoms with Crippen LogP contribution >= 0.6 is 11.6 Å². The third-order valence-electron chi connectivity index (χ3n) is 3.26. The molecule has 0 spiro atoms. The van der Waals surface area contributed by atoms with E-state index in [1.54, 1.807) is 19.2 Å². The van der Waals surface area contributed by atoms with Gasteiger partial charge in [-0.3, -0.25) is 4.79 Å². The molecule has 0 radical (unpaired) electrons. The number of aryl methyl sites for hydroxylation is 3. The normalized spacial score (nSPS) is 10.4. The molecule has 0 heterocycles. The van der Waals surface area contributed by atoms with Gasteiger partial charge in [-0.25, -0.2) is 0 Å². The Bertz CT molecular complexity index is 675. The van der Waals surface area contributed by atoms with Crippen molar-refractivity contribution in [3.05, 3.63) is 63.2 Å². The Hall–Kier alpha value is -1.80. The molecule has 20 heavy (non-hydrogen) atoms. The van der Waals surface area contributed by atoms with E-state index in [-0.39, 0.29) is 5.78 Å². The average molecular weight is 289 g/mol. The van der Waals surface area contributed by atoms with Crippen molar-refractivity contribution in [3.63, 3.8) is 0 Å². The lowest BCUT2D eigenvalue weighted by molar-refractivity contribution is 0.103. The lowest BCUT2D eigenvalue weighted by atomic mass is 9.96. The standard InChI is InChI=1S/C17H17ClO2/c1-10-5-6-13(14(18)8-10)17(19)16-12(3)7-11(2)9-15(16)20-4/h5-9H,1-4H3. The Labute approximate surface area is 124 Å². The predicted molar refractivity (Wildman–Crippen MR) is 82.1 cm³/mol. The molecule has 104 valence electrons. The van der Waals surface area contributed by atoms with Gasteiger partial charge in [0.05, 0.1) is 17.7 Å². The van der Waals surface area contributed by atoms with E-state index in [9.17, 15) is 4.79 Å². The van der Waals surface area contributed by atoms with Crippen LogP contribution in [0.25, 0.3) is 0 Å². The average Bonchev–Trinajstić information content (AvgIpc) is 2.37. The molecule has 2 rings (SSSR count). The van der Waals surface area contributed by atoms with E-state index in [0.717, 1.165) is 16.7 Å². The van der Waals surface area contributed by atoms with E-state index < -0.39 is 0 Å². The van der Waals surface area contributed by atoms with E-state index in [2.05, 4.69) is 0 Å². The zero-order valence-corrected chi connectivity index (χ0v) is 12.8. The summed E-state index contributed by atoms with van der Waals surface area (Å²) in [6.07, 6.45) is 0. The van der Waals surface area contributed by atoms with Crippen LogP contribution in [-0.4, -0.2) is 12.9 Å². The summed E-state index contributed by atoms with van der Waals surface area (Å²) in [7, 11) is 1.57. The minimum atomic E-state index is -0.107. The fraction of sp³-hybridized carbons (Fsp3) is 0.235. The second-order valence-corrected chi connectivity index (χ2v) is 5.38. The summed E-state index contributed by atoms with van der Waals surface area (Å²) in [5, 5.41) is 0.469. The maximum absolute atomic E-state index is 12.7. The molecule has 2 aromatic carbocycles. The molecule has 0 saturated carbocycles. The molecule has 0 aliphatic rings. The van der Waals surface area contributed by atoms with Crippen LogP contribution in [0.3, 0.4) is 0 Å². The number of hydrogen-bond acceptors (Lipinski definition) is 2. The van der Waals surface area contributed by atoms with Gasteiger partial charge in [0.15, 0.2) is 5.78 Å². The van der Waals surface area contributed by atoms with Crippen molar-refractivity contribution in [3.8, 4) is 5.75 Å². The van der Waals surface area contributed by atoms with Gasteiger partial charge in [0.1, 0.15) is 5.75 Å². The minimum absolute atomic E-state index is 0.107. The van der Waals surface area contributed by atoms with Crippen LogP contribution in [0.4, 0.5) is 0 Å². The van der Waals surface area contributed by atoms with Gasteiger partial charge in [0.25, 0.3) is 0 Å². The fourth-order valence-electron chi connectivity index (χ4n) is 2.32. The molecule has 0 fully saturated rings. The van der Waals surface area contributed by atoms with E-state index >= 15 is 0 Å². The Balaban J connectivity index is 2.59. The number of halogens is 1. The maximum atomic E-state index is 12.7. The second-order valence-electron chi connectivity index (χ2n) is 4.97. The molecule has 0 aromatic heterocycles. The minimum Gasteiger partial charge on any atom is -0.496 e. The van der Waals surface area contributed by atoms with Gasteiger partial charge in [0.2, 0.25) is 0 Å². The van der Waals surface area contributed by atoms with E-state index in [4.69, 9.17) is 16.3 Å². The molecule has 0 aliphatic heterocycles. The third-order valence-corrected chi connectivity index (χ3v) is 3.57. The van der Waals surface area contributed by atoms with Crippen LogP contribution in [0.15, 0.2) is 30.3 Å². The van der Waals surface area contributed by atoms with E-state index in [1.807, 2.05) is 39.0 Å². The number of ether oxygens (including phenoxy) is 1. The quantitative estimate of drug-likeness (QED) is 0.777. The van der Waals surface area contributed by atoms with E-state index in [0.29, 0.717) is 21.9 Å². The van der Waals surface area contributed by atoms with Crippen LogP contribution in [0, 0.1) is 20.8 Å². The Morgan fingerprint density at radius 3 is 2.35 bits per heavy atom. The Morgan fingerprint density at radius 1 is 1.05 bits per heavy atom. The fourth-order valence-corrected chi connectivity index (χ4v) is 2.64. The lowest BCUT2D eigenvalue weighted by Crippen LogP contribution is -2.07. The molecule has 0 saturated heterocycles. The number of methoxy groups -OCH3 is 1. The Morgan fingerprint density at radius 2 is 1.75 bits per heavy atom. The molecule has 0 atom stereocenters. The molecule has 2 nitrogen and oxygen atoms in total. The first kappa shape index (κ1) is 14.6. The highest BCUT2D eigenvalue weighted by Gasteiger charge is 2.19. The number of ketones is 1. The second kappa shape index (κ2) is 5.68. The smallest absolute Gasteiger partial charge is 0.198 e. The summed E-state index contributed by atoms with van der Waals surface area (Å²) >= 11 is 6.19. The zero-order chi connectivity index (χ0) is 14.9. The Kier molecular flexibility index (Phi) is 4.15. The van der Waals surface area contributed by atoms with Crippen molar-refractivity contribution < 1.29 is 9.53 Å². The van der Waals surface area contributed by atoms with Crippen molar-refractivity contribution in [2.24, 2.45) is 0 Å². The van der Waals surface area contributed by atoms with Gasteiger partial charge in [0, 0.05) is 5.56 Å². The van der Waals surface area contributed by atoms with Crippen molar-refractivity contribution in [2.75, 3.05) is 7.11 Å². The van der Waals surface area contributed by atoms with Crippen LogP contribution in [0.2, 0.25) is 5.02 Å². The molecule has 2 aromatic rings. The number of benzene rings is 2. The first-order valence-corrected chi connectivity index (χ1v) is 6.78. The van der Waals surface area contributed by atoms with Gasteiger partial charge in [-0.05, 0) is 55.7 Å². The SMILES string of the molecule is COc1cc(C)cc(C)c1C(=O)c1ccc(C)cc1Cl. The van der Waals surface area contributed by atoms with Crippen molar-refractivity contribution in [2.45, 2.75) is 20.8 Å². The van der Waals surface area contributed by atoms with Crippen molar-refractivity contribution in [1.29, 1.82) is 0 Å². The monoisotopic (exact) mass is 288 g/mol. The van der Waals surface area contributed by atoms with Gasteiger partial charge in [-0.15, -0.1) is 0 Å². The molecule has 0 amide bonds. The van der Waals surface area contributed by atoms with Gasteiger partial charge in [-0.1, -0.05) is 23.7 Å². The highest BCUT2D eigenvalue weighted by atomic mass is 35.5. The topological polar surface area (TPSA) is 26.3 Å². The largest absolute Gasteiger partial charge is 0.496 e. The molecule has 0 aliphatic carbocycles. The van der Waals surface area contributed by atoms with Crippen LogP contribution in [0.5, 0.6) is 5.75 Å². The number of rotatable bonds is 3. The number of hydrogen-bond donors (Lipinski definition) is 0. The summed E-state index contributed by atoms with van der Waals surface area (Å²) in [6.45, 7) is 5.82. The van der Waals surface area contributed by atoms with Crippen molar-refractivity contribution >= 4 is 17.4 Å². The summed E-state index contributed by atoms with van der Waals surface area (Å²) < 4.78 is 5.35. The molecule has 0 N–H and O–H groups in total. The van der Waals surface area contributed by atoms with Gasteiger partial charge < -0.3 is 4.74 Å². The molecule has 0 bridgehead atoms. The zero-order valence-electron chi connectivity index (χ0n) is 12.1. The molecular weight excluding hydrogens is 272 g/mol. The van der Waals surface area contributed by atoms with Gasteiger partial charge in [-0.2, -0.15) is 0 Å². The highest BCUT2D eigenvalue weighted by molar-refractivity contribution is 6.35. The number of carbonyl (C=O) groups is 1. The van der Waals surface area contributed by atoms with Crippen molar-refractivity contribution in [1.82, 2.24) is 0 Å². The van der Waals surface area contributed by atoms with Crippen LogP contribution in [0.1, 0.15) is 32.6 Å². The highest BCUT2D eigenvalue weighted by Crippen LogP contribution is 2.29. The molecule has 0 unspecified atom stereocenters. The summed E-state index contributed by atoms with van der Waals surface area (Å²) in [5.41, 5.74) is 4.06. The summed E-state index contributed by atoms with van der Waals surface area (Å²) in [5.74, 6) is 0.480. The first-order chi connectivity index (χ1) is 9.43. The molecule has 3 heteroatoms. The van der Waals surface area contributed by atoms with Crippen LogP contribution < -0.4 is 4.74 Å². The van der Waals surface area contributed by atoms with Gasteiger partial charge >= 0.3 is 0 Å². The van der Waals surface area contributed by atoms with E-state index in [1.165, 1.54) is 0 Å².